The fourth-order valence-corrected chi connectivity index (χ4v) is 4.89. The van der Waals surface area contributed by atoms with Crippen LogP contribution in [-0.2, 0) is 16.4 Å². The molecule has 0 bridgehead atoms. The second-order valence-electron chi connectivity index (χ2n) is 7.12. The molecule has 1 aliphatic rings. The number of hydrogen-bond donors (Lipinski definition) is 1. The maximum absolute atomic E-state index is 12.9. The summed E-state index contributed by atoms with van der Waals surface area (Å²) in [5, 5.41) is 0. The Morgan fingerprint density at radius 2 is 1.62 bits per heavy atom. The average Bonchev–Trinajstić information content (AvgIpc) is 3.17. The minimum Gasteiger partial charge on any atom is -0.308 e. The molecule has 29 heavy (non-hydrogen) atoms. The quantitative estimate of drug-likeness (QED) is 0.698. The first kappa shape index (κ1) is 19.4. The van der Waals surface area contributed by atoms with Crippen molar-refractivity contribution < 1.29 is 13.2 Å². The predicted molar refractivity (Wildman–Crippen MR) is 113 cm³/mol. The smallest absolute Gasteiger partial charge is 0.258 e. The molecule has 0 fully saturated rings. The van der Waals surface area contributed by atoms with Crippen LogP contribution in [0, 0.1) is 0 Å². The second-order valence-corrected chi connectivity index (χ2v) is 8.83. The molecule has 1 unspecified atom stereocenters. The largest absolute Gasteiger partial charge is 0.308 e. The number of fused-ring (bicyclic) bond motifs is 1. The van der Waals surface area contributed by atoms with Crippen LogP contribution in [0.1, 0.15) is 34.5 Å². The van der Waals surface area contributed by atoms with E-state index >= 15 is 0 Å². The van der Waals surface area contributed by atoms with Gasteiger partial charge in [-0.2, -0.15) is 0 Å². The summed E-state index contributed by atoms with van der Waals surface area (Å²) in [4.78, 5) is 14.7. The van der Waals surface area contributed by atoms with Crippen LogP contribution < -0.4 is 9.62 Å². The van der Waals surface area contributed by atoms with E-state index in [-0.39, 0.29) is 16.8 Å². The third-order valence-corrected chi connectivity index (χ3v) is 6.69. The van der Waals surface area contributed by atoms with Crippen LogP contribution in [0.15, 0.2) is 83.8 Å². The number of nitrogens with one attached hydrogen (secondary N) is 1. The van der Waals surface area contributed by atoms with E-state index in [0.717, 1.165) is 16.8 Å². The zero-order valence-electron chi connectivity index (χ0n) is 16.1. The van der Waals surface area contributed by atoms with Gasteiger partial charge < -0.3 is 4.90 Å². The molecular formula is C23H22N2O3S. The Kier molecular flexibility index (Phi) is 5.22. The predicted octanol–water partition coefficient (Wildman–Crippen LogP) is 3.93. The van der Waals surface area contributed by atoms with Crippen molar-refractivity contribution in [2.75, 3.05) is 11.4 Å². The highest BCUT2D eigenvalue weighted by Crippen LogP contribution is 2.31. The van der Waals surface area contributed by atoms with Gasteiger partial charge in [0.25, 0.3) is 5.91 Å². The van der Waals surface area contributed by atoms with Crippen molar-refractivity contribution >= 4 is 21.6 Å². The zero-order valence-corrected chi connectivity index (χ0v) is 16.9. The lowest BCUT2D eigenvalue weighted by atomic mass is 10.1. The van der Waals surface area contributed by atoms with Crippen LogP contribution in [0.25, 0.3) is 0 Å². The van der Waals surface area contributed by atoms with E-state index in [1.54, 1.807) is 35.2 Å². The number of amides is 1. The monoisotopic (exact) mass is 406 g/mol. The van der Waals surface area contributed by atoms with Gasteiger partial charge in [0.15, 0.2) is 0 Å². The molecule has 1 amide bonds. The van der Waals surface area contributed by atoms with E-state index < -0.39 is 10.0 Å². The third-order valence-electron chi connectivity index (χ3n) is 5.15. The first-order valence-corrected chi connectivity index (χ1v) is 11.0. The molecule has 5 nitrogen and oxygen atoms in total. The van der Waals surface area contributed by atoms with Gasteiger partial charge in [0.05, 0.1) is 4.90 Å². The molecule has 3 aromatic rings. The van der Waals surface area contributed by atoms with E-state index in [1.165, 1.54) is 0 Å². The Labute approximate surface area is 171 Å². The van der Waals surface area contributed by atoms with Crippen molar-refractivity contribution in [3.8, 4) is 0 Å². The minimum absolute atomic E-state index is 0.0734. The molecule has 1 N–H and O–H groups in total. The lowest BCUT2D eigenvalue weighted by Gasteiger charge is -2.18. The lowest BCUT2D eigenvalue weighted by molar-refractivity contribution is 0.0989. The van der Waals surface area contributed by atoms with Crippen molar-refractivity contribution in [3.05, 3.63) is 95.6 Å². The Bertz CT molecular complexity index is 1130. The van der Waals surface area contributed by atoms with Gasteiger partial charge >= 0.3 is 0 Å². The summed E-state index contributed by atoms with van der Waals surface area (Å²) >= 11 is 0. The first-order chi connectivity index (χ1) is 14.0. The van der Waals surface area contributed by atoms with Crippen molar-refractivity contribution in [2.24, 2.45) is 0 Å². The topological polar surface area (TPSA) is 66.5 Å². The zero-order chi connectivity index (χ0) is 20.4. The molecule has 0 radical (unpaired) electrons. The number of carbonyl (C=O) groups excluding carboxylic acids is 1. The normalized spacial score (nSPS) is 14.4. The Morgan fingerprint density at radius 3 is 2.31 bits per heavy atom. The molecule has 0 saturated carbocycles. The fourth-order valence-electron chi connectivity index (χ4n) is 3.60. The van der Waals surface area contributed by atoms with Crippen LogP contribution in [0.5, 0.6) is 0 Å². The number of rotatable bonds is 5. The number of carbonyl (C=O) groups is 1. The van der Waals surface area contributed by atoms with Crippen molar-refractivity contribution in [1.82, 2.24) is 4.72 Å². The van der Waals surface area contributed by atoms with E-state index in [2.05, 4.69) is 4.72 Å². The van der Waals surface area contributed by atoms with Gasteiger partial charge in [-0.3, -0.25) is 4.79 Å². The second kappa shape index (κ2) is 7.81. The van der Waals surface area contributed by atoms with Crippen molar-refractivity contribution in [2.45, 2.75) is 24.3 Å². The molecule has 0 aliphatic carbocycles. The van der Waals surface area contributed by atoms with Crippen molar-refractivity contribution in [1.29, 1.82) is 0 Å². The lowest BCUT2D eigenvalue weighted by Crippen LogP contribution is -2.29. The summed E-state index contributed by atoms with van der Waals surface area (Å²) in [7, 11) is -3.67. The molecule has 148 valence electrons. The molecule has 1 heterocycles. The van der Waals surface area contributed by atoms with Gasteiger partial charge in [-0.25, -0.2) is 13.1 Å². The van der Waals surface area contributed by atoms with Crippen molar-refractivity contribution in [3.63, 3.8) is 0 Å². The first-order valence-electron chi connectivity index (χ1n) is 9.53. The highest BCUT2D eigenvalue weighted by molar-refractivity contribution is 7.89. The number of anilines is 1. The third kappa shape index (κ3) is 3.95. The summed E-state index contributed by atoms with van der Waals surface area (Å²) in [6.45, 7) is 2.36. The summed E-state index contributed by atoms with van der Waals surface area (Å²) in [5.41, 5.74) is 3.16. The molecular weight excluding hydrogens is 384 g/mol. The number of benzene rings is 3. The Hall–Kier alpha value is -2.96. The Morgan fingerprint density at radius 1 is 0.966 bits per heavy atom. The van der Waals surface area contributed by atoms with E-state index in [0.29, 0.717) is 18.5 Å². The maximum atomic E-state index is 12.9. The molecule has 1 atom stereocenters. The fraction of sp³-hybridized carbons (Fsp3) is 0.174. The van der Waals surface area contributed by atoms with Crippen LogP contribution in [0.4, 0.5) is 5.69 Å². The minimum atomic E-state index is -3.67. The van der Waals surface area contributed by atoms with E-state index in [1.807, 2.05) is 55.5 Å². The molecule has 0 aromatic heterocycles. The summed E-state index contributed by atoms with van der Waals surface area (Å²) in [6.07, 6.45) is 0.630. The van der Waals surface area contributed by atoms with Crippen LogP contribution in [0.3, 0.4) is 0 Å². The number of sulfonamides is 1. The van der Waals surface area contributed by atoms with Gasteiger partial charge in [-0.1, -0.05) is 48.5 Å². The molecule has 1 aliphatic heterocycles. The summed E-state index contributed by atoms with van der Waals surface area (Å²) in [5.74, 6) is -0.0734. The van der Waals surface area contributed by atoms with Crippen LogP contribution >= 0.6 is 0 Å². The molecule has 0 saturated heterocycles. The average molecular weight is 407 g/mol. The van der Waals surface area contributed by atoms with Gasteiger partial charge in [0.2, 0.25) is 10.0 Å². The Balaban J connectivity index is 1.56. The van der Waals surface area contributed by atoms with E-state index in [9.17, 15) is 13.2 Å². The van der Waals surface area contributed by atoms with E-state index in [4.69, 9.17) is 0 Å². The van der Waals surface area contributed by atoms with Crippen LogP contribution in [0.2, 0.25) is 0 Å². The van der Waals surface area contributed by atoms with Gasteiger partial charge in [0, 0.05) is 23.8 Å². The molecule has 0 spiro atoms. The standard InChI is InChI=1S/C23H22N2O3S/c1-17(18-8-4-2-5-9-18)24-29(27,28)21-12-13-22-20(16-21)14-15-25(22)23(26)19-10-6-3-7-11-19/h2-13,16-17,24H,14-15H2,1H3. The van der Waals surface area contributed by atoms with Gasteiger partial charge in [-0.05, 0) is 54.8 Å². The summed E-state index contributed by atoms with van der Waals surface area (Å²) in [6, 6.07) is 23.2. The van der Waals surface area contributed by atoms with Gasteiger partial charge in [-0.15, -0.1) is 0 Å². The number of hydrogen-bond acceptors (Lipinski definition) is 3. The highest BCUT2D eigenvalue weighted by Gasteiger charge is 2.27. The number of nitrogens with zero attached hydrogens (tertiary/aromatic N) is 1. The molecule has 3 aromatic carbocycles. The van der Waals surface area contributed by atoms with Gasteiger partial charge in [0.1, 0.15) is 0 Å². The molecule has 4 rings (SSSR count). The maximum Gasteiger partial charge on any atom is 0.258 e. The highest BCUT2D eigenvalue weighted by atomic mass is 32.2. The SMILES string of the molecule is CC(NS(=O)(=O)c1ccc2c(c1)CCN2C(=O)c1ccccc1)c1ccccc1. The molecule has 6 heteroatoms. The summed E-state index contributed by atoms with van der Waals surface area (Å²) < 4.78 is 28.5. The van der Waals surface area contributed by atoms with Crippen LogP contribution in [-0.4, -0.2) is 20.9 Å².